The van der Waals surface area contributed by atoms with Crippen molar-refractivity contribution < 1.29 is 0 Å². The highest BCUT2D eigenvalue weighted by Crippen LogP contribution is 2.24. The average Bonchev–Trinajstić information content (AvgIpc) is 1.93. The summed E-state index contributed by atoms with van der Waals surface area (Å²) in [5, 5.41) is 0. The minimum atomic E-state index is 0.787. The van der Waals surface area contributed by atoms with Gasteiger partial charge in [-0.1, -0.05) is 0 Å². The van der Waals surface area contributed by atoms with Crippen LogP contribution < -0.4 is 5.73 Å². The summed E-state index contributed by atoms with van der Waals surface area (Å²) in [6, 6.07) is 3.92. The van der Waals surface area contributed by atoms with E-state index in [4.69, 9.17) is 5.73 Å². The van der Waals surface area contributed by atoms with Gasteiger partial charge in [0.05, 0.1) is 0 Å². The van der Waals surface area contributed by atoms with Gasteiger partial charge in [0.25, 0.3) is 0 Å². The van der Waals surface area contributed by atoms with Crippen LogP contribution in [0.3, 0.4) is 0 Å². The molecule has 0 aliphatic carbocycles. The van der Waals surface area contributed by atoms with Crippen LogP contribution in [-0.4, -0.2) is 0 Å². The van der Waals surface area contributed by atoms with Crippen molar-refractivity contribution in [2.45, 2.75) is 11.8 Å². The quantitative estimate of drug-likeness (QED) is 0.420. The fraction of sp³-hybridized carbons (Fsp3) is 0.143. The lowest BCUT2D eigenvalue weighted by molar-refractivity contribution is 1.34. The predicted octanol–water partition coefficient (Wildman–Crippen LogP) is 2.47. The van der Waals surface area contributed by atoms with Gasteiger partial charge in [-0.3, -0.25) is 0 Å². The summed E-state index contributed by atoms with van der Waals surface area (Å²) in [5.41, 5.74) is 7.61. The number of hydrogen-bond acceptors (Lipinski definition) is 2. The van der Waals surface area contributed by atoms with Gasteiger partial charge < -0.3 is 5.73 Å². The molecule has 1 aromatic carbocycles. The van der Waals surface area contributed by atoms with Crippen LogP contribution in [0.25, 0.3) is 0 Å². The fourth-order valence-corrected chi connectivity index (χ4v) is 1.40. The zero-order chi connectivity index (χ0) is 7.72. The lowest BCUT2D eigenvalue weighted by Gasteiger charge is -2.04. The van der Waals surface area contributed by atoms with E-state index in [1.54, 1.807) is 0 Å². The normalized spacial score (nSPS) is 9.90. The van der Waals surface area contributed by atoms with Crippen LogP contribution in [-0.2, 0) is 0 Å². The lowest BCUT2D eigenvalue weighted by Crippen LogP contribution is -1.92. The molecule has 2 N–H and O–H groups in total. The number of nitrogen functional groups attached to an aromatic ring is 1. The van der Waals surface area contributed by atoms with Crippen molar-refractivity contribution in [1.29, 1.82) is 0 Å². The van der Waals surface area contributed by atoms with Gasteiger partial charge in [0.2, 0.25) is 0 Å². The van der Waals surface area contributed by atoms with Crippen LogP contribution in [0.4, 0.5) is 5.69 Å². The number of halogens is 1. The number of anilines is 1. The monoisotopic (exact) mass is 265 g/mol. The van der Waals surface area contributed by atoms with E-state index in [0.29, 0.717) is 0 Å². The molecule has 0 saturated carbocycles. The Morgan fingerprint density at radius 1 is 1.50 bits per heavy atom. The topological polar surface area (TPSA) is 26.0 Å². The predicted molar refractivity (Wildman–Crippen MR) is 55.6 cm³/mol. The Hall–Kier alpha value is 0.1000. The molecular formula is C7H8INS. The second-order valence-corrected chi connectivity index (χ2v) is 3.75. The third-order valence-electron chi connectivity index (χ3n) is 1.43. The Morgan fingerprint density at radius 2 is 2.10 bits per heavy atom. The fourth-order valence-electron chi connectivity index (χ4n) is 0.688. The summed E-state index contributed by atoms with van der Waals surface area (Å²) < 4.78 is 1.19. The third kappa shape index (κ3) is 1.40. The van der Waals surface area contributed by atoms with Crippen LogP contribution in [0.1, 0.15) is 5.56 Å². The Labute approximate surface area is 79.6 Å². The average molecular weight is 265 g/mol. The molecule has 3 heteroatoms. The van der Waals surface area contributed by atoms with Crippen LogP contribution in [0, 0.1) is 10.5 Å². The zero-order valence-corrected chi connectivity index (χ0v) is 8.61. The molecule has 0 unspecified atom stereocenters. The van der Waals surface area contributed by atoms with E-state index in [9.17, 15) is 0 Å². The van der Waals surface area contributed by atoms with Crippen LogP contribution in [0.15, 0.2) is 17.0 Å². The first-order valence-corrected chi connectivity index (χ1v) is 4.39. The Morgan fingerprint density at radius 3 is 2.60 bits per heavy atom. The molecule has 0 spiro atoms. The lowest BCUT2D eigenvalue weighted by atomic mass is 10.2. The SMILES string of the molecule is Cc1c(I)ccc(S)c1N. The van der Waals surface area contributed by atoms with Crippen molar-refractivity contribution in [3.05, 3.63) is 21.3 Å². The van der Waals surface area contributed by atoms with E-state index >= 15 is 0 Å². The first kappa shape index (κ1) is 8.20. The van der Waals surface area contributed by atoms with Gasteiger partial charge >= 0.3 is 0 Å². The molecular weight excluding hydrogens is 257 g/mol. The molecule has 0 aliphatic rings. The van der Waals surface area contributed by atoms with E-state index in [1.807, 2.05) is 19.1 Å². The first-order valence-electron chi connectivity index (χ1n) is 2.86. The number of nitrogens with two attached hydrogens (primary N) is 1. The molecule has 0 fully saturated rings. The maximum absolute atomic E-state index is 5.70. The Balaban J connectivity index is 3.34. The molecule has 0 aromatic heterocycles. The summed E-state index contributed by atoms with van der Waals surface area (Å²) in [4.78, 5) is 0.859. The van der Waals surface area contributed by atoms with Gasteiger partial charge in [0.1, 0.15) is 0 Å². The van der Waals surface area contributed by atoms with Crippen LogP contribution >= 0.6 is 35.2 Å². The first-order chi connectivity index (χ1) is 4.63. The standard InChI is InChI=1S/C7H8INS/c1-4-5(8)2-3-6(10)7(4)9/h2-3,10H,9H2,1H3. The highest BCUT2D eigenvalue weighted by Gasteiger charge is 2.00. The van der Waals surface area contributed by atoms with Gasteiger partial charge in [-0.05, 0) is 47.2 Å². The molecule has 1 nitrogen and oxygen atoms in total. The minimum Gasteiger partial charge on any atom is -0.398 e. The maximum Gasteiger partial charge on any atom is 0.0489 e. The smallest absolute Gasteiger partial charge is 0.0489 e. The summed E-state index contributed by atoms with van der Waals surface area (Å²) in [6.07, 6.45) is 0. The van der Waals surface area contributed by atoms with Crippen molar-refractivity contribution in [2.75, 3.05) is 5.73 Å². The molecule has 0 heterocycles. The maximum atomic E-state index is 5.70. The molecule has 54 valence electrons. The number of benzene rings is 1. The van der Waals surface area contributed by atoms with Gasteiger partial charge in [-0.2, -0.15) is 0 Å². The number of rotatable bonds is 0. The van der Waals surface area contributed by atoms with Gasteiger partial charge in [0, 0.05) is 14.2 Å². The molecule has 0 aliphatic heterocycles. The summed E-state index contributed by atoms with van der Waals surface area (Å²) >= 11 is 6.44. The van der Waals surface area contributed by atoms with E-state index in [0.717, 1.165) is 16.1 Å². The van der Waals surface area contributed by atoms with Gasteiger partial charge in [-0.25, -0.2) is 0 Å². The molecule has 0 bridgehead atoms. The van der Waals surface area contributed by atoms with Gasteiger partial charge in [0.15, 0.2) is 0 Å². The second kappa shape index (κ2) is 3.00. The number of thiol groups is 1. The van der Waals surface area contributed by atoms with Crippen molar-refractivity contribution in [1.82, 2.24) is 0 Å². The van der Waals surface area contributed by atoms with Gasteiger partial charge in [-0.15, -0.1) is 12.6 Å². The van der Waals surface area contributed by atoms with Crippen molar-refractivity contribution in [3.8, 4) is 0 Å². The van der Waals surface area contributed by atoms with Crippen LogP contribution in [0.2, 0.25) is 0 Å². The van der Waals surface area contributed by atoms with E-state index in [2.05, 4.69) is 35.2 Å². The molecule has 0 radical (unpaired) electrons. The third-order valence-corrected chi connectivity index (χ3v) is 2.98. The van der Waals surface area contributed by atoms with Crippen molar-refractivity contribution in [2.24, 2.45) is 0 Å². The van der Waals surface area contributed by atoms with Crippen LogP contribution in [0.5, 0.6) is 0 Å². The Bertz CT molecular complexity index is 233. The minimum absolute atomic E-state index is 0.787. The van der Waals surface area contributed by atoms with E-state index in [-0.39, 0.29) is 0 Å². The Kier molecular flexibility index (Phi) is 2.46. The molecule has 0 saturated heterocycles. The van der Waals surface area contributed by atoms with E-state index < -0.39 is 0 Å². The van der Waals surface area contributed by atoms with E-state index in [1.165, 1.54) is 3.57 Å². The van der Waals surface area contributed by atoms with Crippen molar-refractivity contribution in [3.63, 3.8) is 0 Å². The van der Waals surface area contributed by atoms with Crippen molar-refractivity contribution >= 4 is 40.9 Å². The molecule has 10 heavy (non-hydrogen) atoms. The highest BCUT2D eigenvalue weighted by atomic mass is 127. The highest BCUT2D eigenvalue weighted by molar-refractivity contribution is 14.1. The summed E-state index contributed by atoms with van der Waals surface area (Å²) in [5.74, 6) is 0. The largest absolute Gasteiger partial charge is 0.398 e. The second-order valence-electron chi connectivity index (χ2n) is 2.11. The zero-order valence-electron chi connectivity index (χ0n) is 5.56. The number of hydrogen-bond donors (Lipinski definition) is 2. The molecule has 1 rings (SSSR count). The molecule has 0 atom stereocenters. The summed E-state index contributed by atoms with van der Waals surface area (Å²) in [6.45, 7) is 2.00. The molecule has 0 amide bonds. The summed E-state index contributed by atoms with van der Waals surface area (Å²) in [7, 11) is 0. The molecule has 1 aromatic rings.